The first-order valence-electron chi connectivity index (χ1n) is 12.6. The zero-order valence-electron chi connectivity index (χ0n) is 21.3. The minimum atomic E-state index is -3.67. The number of nitrogens with zero attached hydrogens (tertiary/aromatic N) is 3. The molecule has 200 valence electrons. The van der Waals surface area contributed by atoms with E-state index in [9.17, 15) is 13.2 Å². The lowest BCUT2D eigenvalue weighted by Crippen LogP contribution is -2.49. The van der Waals surface area contributed by atoms with Gasteiger partial charge in [-0.15, -0.1) is 0 Å². The number of carbonyl (C=O) groups is 1. The van der Waals surface area contributed by atoms with Gasteiger partial charge >= 0.3 is 0 Å². The lowest BCUT2D eigenvalue weighted by atomic mass is 10.1. The van der Waals surface area contributed by atoms with Crippen LogP contribution >= 0.6 is 0 Å². The molecule has 0 radical (unpaired) electrons. The Morgan fingerprint density at radius 3 is 2.34 bits per heavy atom. The maximum absolute atomic E-state index is 13.0. The Balaban J connectivity index is 1.11. The van der Waals surface area contributed by atoms with E-state index in [-0.39, 0.29) is 30.7 Å². The second-order valence-corrected chi connectivity index (χ2v) is 11.0. The van der Waals surface area contributed by atoms with Crippen LogP contribution in [-0.2, 0) is 21.4 Å². The van der Waals surface area contributed by atoms with Crippen molar-refractivity contribution in [3.8, 4) is 17.2 Å². The van der Waals surface area contributed by atoms with Gasteiger partial charge in [-0.1, -0.05) is 24.3 Å². The van der Waals surface area contributed by atoms with Crippen molar-refractivity contribution in [2.24, 2.45) is 0 Å². The van der Waals surface area contributed by atoms with Gasteiger partial charge < -0.3 is 19.1 Å². The van der Waals surface area contributed by atoms with Crippen molar-refractivity contribution in [2.75, 3.05) is 50.4 Å². The lowest BCUT2D eigenvalue weighted by Gasteiger charge is -2.34. The molecule has 1 fully saturated rings. The molecular weight excluding hydrogens is 506 g/mol. The minimum Gasteiger partial charge on any atom is -0.484 e. The van der Waals surface area contributed by atoms with Crippen LogP contribution in [0.2, 0.25) is 0 Å². The van der Waals surface area contributed by atoms with Crippen molar-refractivity contribution < 1.29 is 27.4 Å². The summed E-state index contributed by atoms with van der Waals surface area (Å²) in [6.45, 7) is 5.88. The fourth-order valence-electron chi connectivity index (χ4n) is 4.61. The van der Waals surface area contributed by atoms with Crippen LogP contribution in [0.4, 0.5) is 5.69 Å². The summed E-state index contributed by atoms with van der Waals surface area (Å²) in [6, 6.07) is 21.1. The van der Waals surface area contributed by atoms with Crippen molar-refractivity contribution in [1.29, 1.82) is 0 Å². The van der Waals surface area contributed by atoms with E-state index in [1.165, 1.54) is 4.31 Å². The van der Waals surface area contributed by atoms with Crippen molar-refractivity contribution in [1.82, 2.24) is 9.80 Å². The van der Waals surface area contributed by atoms with Gasteiger partial charge in [0.1, 0.15) is 5.75 Å². The Morgan fingerprint density at radius 2 is 1.63 bits per heavy atom. The molecule has 0 aliphatic carbocycles. The molecule has 0 bridgehead atoms. The molecule has 5 rings (SSSR count). The van der Waals surface area contributed by atoms with Crippen LogP contribution in [0.1, 0.15) is 12.5 Å². The van der Waals surface area contributed by atoms with E-state index in [0.717, 1.165) is 36.7 Å². The number of carbonyl (C=O) groups excluding carboxylic acids is 1. The Kier molecular flexibility index (Phi) is 7.71. The number of amides is 1. The van der Waals surface area contributed by atoms with E-state index in [4.69, 9.17) is 14.2 Å². The van der Waals surface area contributed by atoms with Crippen LogP contribution in [0, 0.1) is 0 Å². The SMILES string of the molecule is CCN(c1ccc(OCC(=O)N2CCN(Cc3ccc4c(c3)OCO4)CC2)cc1)S(=O)(=O)c1ccccc1. The van der Waals surface area contributed by atoms with Crippen molar-refractivity contribution in [3.05, 3.63) is 78.4 Å². The van der Waals surface area contributed by atoms with Crippen LogP contribution in [0.25, 0.3) is 0 Å². The zero-order chi connectivity index (χ0) is 26.5. The van der Waals surface area contributed by atoms with Gasteiger partial charge in [-0.3, -0.25) is 14.0 Å². The zero-order valence-corrected chi connectivity index (χ0v) is 22.1. The molecule has 1 saturated heterocycles. The monoisotopic (exact) mass is 537 g/mol. The Bertz CT molecular complexity index is 1360. The number of benzene rings is 3. The lowest BCUT2D eigenvalue weighted by molar-refractivity contribution is -0.135. The smallest absolute Gasteiger partial charge is 0.264 e. The fraction of sp³-hybridized carbons (Fsp3) is 0.321. The van der Waals surface area contributed by atoms with Gasteiger partial charge in [0, 0.05) is 39.3 Å². The van der Waals surface area contributed by atoms with Gasteiger partial charge in [0.25, 0.3) is 15.9 Å². The summed E-state index contributed by atoms with van der Waals surface area (Å²) in [5.41, 5.74) is 1.69. The highest BCUT2D eigenvalue weighted by Crippen LogP contribution is 2.33. The van der Waals surface area contributed by atoms with Crippen molar-refractivity contribution in [2.45, 2.75) is 18.4 Å². The van der Waals surface area contributed by atoms with E-state index in [2.05, 4.69) is 4.90 Å². The standard InChI is InChI=1S/C28H31N3O6S/c1-2-31(38(33,34)25-6-4-3-5-7-25)23-9-11-24(12-10-23)35-20-28(32)30-16-14-29(15-17-30)19-22-8-13-26-27(18-22)37-21-36-26/h3-13,18H,2,14-17,19-21H2,1H3. The number of sulfonamides is 1. The van der Waals surface area contributed by atoms with E-state index in [0.29, 0.717) is 24.5 Å². The second kappa shape index (κ2) is 11.3. The van der Waals surface area contributed by atoms with E-state index < -0.39 is 10.0 Å². The van der Waals surface area contributed by atoms with Crippen molar-refractivity contribution in [3.63, 3.8) is 0 Å². The predicted molar refractivity (Wildman–Crippen MR) is 143 cm³/mol. The Labute approximate surface area is 223 Å². The van der Waals surface area contributed by atoms with Gasteiger partial charge in [-0.05, 0) is 61.0 Å². The molecule has 0 saturated carbocycles. The molecule has 0 N–H and O–H groups in total. The van der Waals surface area contributed by atoms with Gasteiger partial charge in [-0.25, -0.2) is 8.42 Å². The number of ether oxygens (including phenoxy) is 3. The highest BCUT2D eigenvalue weighted by Gasteiger charge is 2.24. The largest absolute Gasteiger partial charge is 0.484 e. The summed E-state index contributed by atoms with van der Waals surface area (Å²) in [7, 11) is -3.67. The molecule has 38 heavy (non-hydrogen) atoms. The number of rotatable bonds is 9. The molecule has 1 amide bonds. The average molecular weight is 538 g/mol. The van der Waals surface area contributed by atoms with Crippen LogP contribution in [0.15, 0.2) is 77.7 Å². The Hall–Kier alpha value is -3.76. The summed E-state index contributed by atoms with van der Waals surface area (Å²) in [4.78, 5) is 17.1. The van der Waals surface area contributed by atoms with E-state index in [1.807, 2.05) is 23.1 Å². The minimum absolute atomic E-state index is 0.0681. The molecule has 3 aromatic carbocycles. The number of piperazine rings is 1. The fourth-order valence-corrected chi connectivity index (χ4v) is 6.10. The summed E-state index contributed by atoms with van der Waals surface area (Å²) >= 11 is 0. The molecule has 2 aliphatic rings. The highest BCUT2D eigenvalue weighted by molar-refractivity contribution is 7.92. The maximum atomic E-state index is 13.0. The summed E-state index contributed by atoms with van der Waals surface area (Å²) < 4.78 is 44.0. The van der Waals surface area contributed by atoms with Crippen LogP contribution in [0.5, 0.6) is 17.2 Å². The molecule has 2 aliphatic heterocycles. The quantitative estimate of drug-likeness (QED) is 0.414. The molecular formula is C28H31N3O6S. The van der Waals surface area contributed by atoms with E-state index in [1.54, 1.807) is 61.5 Å². The molecule has 9 nitrogen and oxygen atoms in total. The summed E-state index contributed by atoms with van der Waals surface area (Å²) in [5, 5.41) is 0. The third kappa shape index (κ3) is 5.71. The number of hydrogen-bond donors (Lipinski definition) is 0. The van der Waals surface area contributed by atoms with Gasteiger partial charge in [0.2, 0.25) is 6.79 Å². The first-order valence-corrected chi connectivity index (χ1v) is 14.1. The third-order valence-electron chi connectivity index (χ3n) is 6.67. The van der Waals surface area contributed by atoms with Gasteiger partial charge in [0.05, 0.1) is 10.6 Å². The molecule has 0 aromatic heterocycles. The normalized spacial score (nSPS) is 15.3. The topological polar surface area (TPSA) is 88.6 Å². The summed E-state index contributed by atoms with van der Waals surface area (Å²) in [5.74, 6) is 2.00. The first kappa shape index (κ1) is 25.9. The third-order valence-corrected chi connectivity index (χ3v) is 8.59. The van der Waals surface area contributed by atoms with Gasteiger partial charge in [-0.2, -0.15) is 0 Å². The molecule has 10 heteroatoms. The first-order chi connectivity index (χ1) is 18.4. The van der Waals surface area contributed by atoms with E-state index >= 15 is 0 Å². The molecule has 0 unspecified atom stereocenters. The number of fused-ring (bicyclic) bond motifs is 1. The molecule has 0 spiro atoms. The maximum Gasteiger partial charge on any atom is 0.264 e. The predicted octanol–water partition coefficient (Wildman–Crippen LogP) is 3.35. The number of hydrogen-bond acceptors (Lipinski definition) is 7. The number of anilines is 1. The average Bonchev–Trinajstić information content (AvgIpc) is 3.42. The van der Waals surface area contributed by atoms with Gasteiger partial charge in [0.15, 0.2) is 18.1 Å². The Morgan fingerprint density at radius 1 is 0.921 bits per heavy atom. The molecule has 3 aromatic rings. The molecule has 0 atom stereocenters. The highest BCUT2D eigenvalue weighted by atomic mass is 32.2. The van der Waals surface area contributed by atoms with Crippen LogP contribution in [0.3, 0.4) is 0 Å². The van der Waals surface area contributed by atoms with Crippen LogP contribution < -0.4 is 18.5 Å². The van der Waals surface area contributed by atoms with Crippen LogP contribution in [-0.4, -0.2) is 70.2 Å². The molecule has 2 heterocycles. The second-order valence-electron chi connectivity index (χ2n) is 9.11. The van der Waals surface area contributed by atoms with Crippen molar-refractivity contribution >= 4 is 21.6 Å². The summed E-state index contributed by atoms with van der Waals surface area (Å²) in [6.07, 6.45) is 0.